The summed E-state index contributed by atoms with van der Waals surface area (Å²) in [6.45, 7) is 4.30. The number of hydrogen-bond donors (Lipinski definition) is 0. The molecule has 26 heavy (non-hydrogen) atoms. The van der Waals surface area contributed by atoms with Crippen molar-refractivity contribution in [1.29, 1.82) is 5.26 Å². The van der Waals surface area contributed by atoms with Crippen LogP contribution < -0.4 is 4.74 Å². The van der Waals surface area contributed by atoms with E-state index in [9.17, 15) is 4.79 Å². The molecule has 3 rings (SSSR count). The van der Waals surface area contributed by atoms with E-state index < -0.39 is 0 Å². The van der Waals surface area contributed by atoms with Crippen molar-refractivity contribution in [2.24, 2.45) is 0 Å². The molecule has 1 saturated heterocycles. The smallest absolute Gasteiger partial charge is 0.260 e. The fourth-order valence-corrected chi connectivity index (χ4v) is 3.61. The highest BCUT2D eigenvalue weighted by Gasteiger charge is 2.28. The molecule has 1 aliphatic rings. The van der Waals surface area contributed by atoms with Crippen LogP contribution in [0.3, 0.4) is 0 Å². The Morgan fingerprint density at radius 1 is 1.04 bits per heavy atom. The van der Waals surface area contributed by atoms with Gasteiger partial charge in [0.15, 0.2) is 6.61 Å². The van der Waals surface area contributed by atoms with Crippen LogP contribution in [0.15, 0.2) is 48.5 Å². The van der Waals surface area contributed by atoms with Crippen molar-refractivity contribution in [2.45, 2.75) is 45.2 Å². The summed E-state index contributed by atoms with van der Waals surface area (Å²) in [4.78, 5) is 14.5. The second-order valence-corrected chi connectivity index (χ2v) is 6.93. The molecule has 0 N–H and O–H groups in total. The van der Waals surface area contributed by atoms with E-state index in [2.05, 4.69) is 19.9 Å². The summed E-state index contributed by atoms with van der Waals surface area (Å²) in [6, 6.07) is 17.8. The van der Waals surface area contributed by atoms with E-state index in [1.54, 1.807) is 12.1 Å². The molecule has 0 bridgehead atoms. The lowest BCUT2D eigenvalue weighted by Gasteiger charge is -2.38. The zero-order valence-corrected chi connectivity index (χ0v) is 15.3. The first-order valence-corrected chi connectivity index (χ1v) is 9.13. The SMILES string of the molecule is C[C@@H]1CCC[C@H](C)N1C(=O)COc1ccc(-c2ccc(C#N)cc2)cc1. The predicted molar refractivity (Wildman–Crippen MR) is 102 cm³/mol. The number of rotatable bonds is 4. The van der Waals surface area contributed by atoms with Crippen LogP contribution in [-0.4, -0.2) is 29.5 Å². The van der Waals surface area contributed by atoms with E-state index in [1.165, 1.54) is 6.42 Å². The summed E-state index contributed by atoms with van der Waals surface area (Å²) in [5.74, 6) is 0.744. The average Bonchev–Trinajstić information content (AvgIpc) is 2.67. The Hall–Kier alpha value is -2.80. The number of likely N-dealkylation sites (tertiary alicyclic amines) is 1. The van der Waals surface area contributed by atoms with Gasteiger partial charge in [-0.3, -0.25) is 4.79 Å². The number of nitrogens with zero attached hydrogens (tertiary/aromatic N) is 2. The molecule has 2 atom stereocenters. The maximum absolute atomic E-state index is 12.5. The van der Waals surface area contributed by atoms with Crippen LogP contribution in [0.25, 0.3) is 11.1 Å². The molecule has 1 amide bonds. The van der Waals surface area contributed by atoms with Crippen LogP contribution in [0.4, 0.5) is 0 Å². The Morgan fingerprint density at radius 2 is 1.58 bits per heavy atom. The fraction of sp³-hybridized carbons (Fsp3) is 0.364. The maximum Gasteiger partial charge on any atom is 0.260 e. The fourth-order valence-electron chi connectivity index (χ4n) is 3.61. The van der Waals surface area contributed by atoms with Gasteiger partial charge in [0, 0.05) is 12.1 Å². The molecule has 134 valence electrons. The third kappa shape index (κ3) is 4.05. The summed E-state index contributed by atoms with van der Waals surface area (Å²) in [5.41, 5.74) is 2.74. The van der Waals surface area contributed by atoms with Gasteiger partial charge in [-0.25, -0.2) is 0 Å². The number of benzene rings is 2. The molecule has 0 saturated carbocycles. The van der Waals surface area contributed by atoms with Gasteiger partial charge >= 0.3 is 0 Å². The first-order valence-electron chi connectivity index (χ1n) is 9.13. The molecule has 0 radical (unpaired) electrons. The lowest BCUT2D eigenvalue weighted by molar-refractivity contribution is -0.139. The van der Waals surface area contributed by atoms with Crippen molar-refractivity contribution in [3.05, 3.63) is 54.1 Å². The summed E-state index contributed by atoms with van der Waals surface area (Å²) in [7, 11) is 0. The van der Waals surface area contributed by atoms with E-state index in [-0.39, 0.29) is 24.6 Å². The number of hydrogen-bond acceptors (Lipinski definition) is 3. The molecule has 2 aromatic carbocycles. The average molecular weight is 348 g/mol. The van der Waals surface area contributed by atoms with Gasteiger partial charge < -0.3 is 9.64 Å². The molecular formula is C22H24N2O2. The Morgan fingerprint density at radius 3 is 2.12 bits per heavy atom. The van der Waals surface area contributed by atoms with Gasteiger partial charge in [0.25, 0.3) is 5.91 Å². The lowest BCUT2D eigenvalue weighted by atomic mass is 9.97. The zero-order valence-electron chi connectivity index (χ0n) is 15.3. The molecule has 1 fully saturated rings. The van der Waals surface area contributed by atoms with Crippen molar-refractivity contribution in [3.63, 3.8) is 0 Å². The number of amides is 1. The number of nitriles is 1. The second-order valence-electron chi connectivity index (χ2n) is 6.93. The first kappa shape index (κ1) is 18.0. The van der Waals surface area contributed by atoms with Crippen LogP contribution in [-0.2, 0) is 4.79 Å². The molecule has 4 nitrogen and oxygen atoms in total. The van der Waals surface area contributed by atoms with E-state index in [4.69, 9.17) is 10.00 Å². The van der Waals surface area contributed by atoms with E-state index in [0.717, 1.165) is 24.0 Å². The van der Waals surface area contributed by atoms with Gasteiger partial charge in [-0.2, -0.15) is 5.26 Å². The van der Waals surface area contributed by atoms with E-state index in [1.807, 2.05) is 41.3 Å². The van der Waals surface area contributed by atoms with Gasteiger partial charge in [-0.15, -0.1) is 0 Å². The summed E-state index contributed by atoms with van der Waals surface area (Å²) in [6.07, 6.45) is 3.31. The normalized spacial score (nSPS) is 19.7. The minimum absolute atomic E-state index is 0.0564. The van der Waals surface area contributed by atoms with Crippen molar-refractivity contribution in [1.82, 2.24) is 4.90 Å². The maximum atomic E-state index is 12.5. The minimum Gasteiger partial charge on any atom is -0.484 e. The van der Waals surface area contributed by atoms with Crippen LogP contribution >= 0.6 is 0 Å². The summed E-state index contributed by atoms with van der Waals surface area (Å²) >= 11 is 0. The Balaban J connectivity index is 1.60. The van der Waals surface area contributed by atoms with Crippen LogP contribution in [0.5, 0.6) is 5.75 Å². The van der Waals surface area contributed by atoms with Gasteiger partial charge in [0.05, 0.1) is 11.6 Å². The quantitative estimate of drug-likeness (QED) is 0.823. The van der Waals surface area contributed by atoms with Crippen molar-refractivity contribution in [3.8, 4) is 22.9 Å². The van der Waals surface area contributed by atoms with Crippen LogP contribution in [0, 0.1) is 11.3 Å². The molecule has 1 heterocycles. The van der Waals surface area contributed by atoms with Crippen molar-refractivity contribution in [2.75, 3.05) is 6.61 Å². The molecule has 0 unspecified atom stereocenters. The van der Waals surface area contributed by atoms with Crippen molar-refractivity contribution >= 4 is 5.91 Å². The van der Waals surface area contributed by atoms with Gasteiger partial charge in [0.1, 0.15) is 5.75 Å². The number of carbonyl (C=O) groups excluding carboxylic acids is 1. The van der Waals surface area contributed by atoms with E-state index in [0.29, 0.717) is 11.3 Å². The molecular weight excluding hydrogens is 324 g/mol. The molecule has 0 aromatic heterocycles. The van der Waals surface area contributed by atoms with Crippen molar-refractivity contribution < 1.29 is 9.53 Å². The highest BCUT2D eigenvalue weighted by Crippen LogP contribution is 2.24. The number of carbonyl (C=O) groups is 1. The monoisotopic (exact) mass is 348 g/mol. The van der Waals surface area contributed by atoms with Gasteiger partial charge in [0.2, 0.25) is 0 Å². The lowest BCUT2D eigenvalue weighted by Crippen LogP contribution is -2.49. The molecule has 0 spiro atoms. The summed E-state index contributed by atoms with van der Waals surface area (Å²) < 4.78 is 5.71. The van der Waals surface area contributed by atoms with Crippen LogP contribution in [0.2, 0.25) is 0 Å². The largest absolute Gasteiger partial charge is 0.484 e. The topological polar surface area (TPSA) is 53.3 Å². The Kier molecular flexibility index (Phi) is 5.58. The number of ether oxygens (including phenoxy) is 1. The third-order valence-corrected chi connectivity index (χ3v) is 5.05. The highest BCUT2D eigenvalue weighted by molar-refractivity contribution is 5.78. The minimum atomic E-state index is 0.0564. The second kappa shape index (κ2) is 8.05. The number of piperidine rings is 1. The molecule has 0 aliphatic carbocycles. The predicted octanol–water partition coefficient (Wildman–Crippen LogP) is 4.39. The van der Waals surface area contributed by atoms with E-state index >= 15 is 0 Å². The summed E-state index contributed by atoms with van der Waals surface area (Å²) in [5, 5.41) is 8.87. The Labute approximate surface area is 155 Å². The third-order valence-electron chi connectivity index (χ3n) is 5.05. The molecule has 1 aliphatic heterocycles. The van der Waals surface area contributed by atoms with Gasteiger partial charge in [-0.05, 0) is 68.5 Å². The first-order chi connectivity index (χ1) is 12.6. The highest BCUT2D eigenvalue weighted by atomic mass is 16.5. The molecule has 2 aromatic rings. The van der Waals surface area contributed by atoms with Crippen LogP contribution in [0.1, 0.15) is 38.7 Å². The Bertz CT molecular complexity index is 780. The zero-order chi connectivity index (χ0) is 18.5. The van der Waals surface area contributed by atoms with Gasteiger partial charge in [-0.1, -0.05) is 24.3 Å². The molecule has 4 heteroatoms. The standard InChI is InChI=1S/C22H24N2O2/c1-16-4-3-5-17(2)24(16)22(25)15-26-21-12-10-20(11-13-21)19-8-6-18(14-23)7-9-19/h6-13,16-17H,3-5,15H2,1-2H3/t16-,17+.